The Balaban J connectivity index is 1.45. The van der Waals surface area contributed by atoms with Crippen LogP contribution in [0.1, 0.15) is 54.4 Å². The van der Waals surface area contributed by atoms with Gasteiger partial charge in [-0.05, 0) is 50.0 Å². The van der Waals surface area contributed by atoms with E-state index in [1.165, 1.54) is 11.1 Å². The van der Waals surface area contributed by atoms with Gasteiger partial charge in [-0.15, -0.1) is 0 Å². The second kappa shape index (κ2) is 14.0. The van der Waals surface area contributed by atoms with Crippen molar-refractivity contribution < 1.29 is 9.59 Å². The highest BCUT2D eigenvalue weighted by molar-refractivity contribution is 5.92. The van der Waals surface area contributed by atoms with Gasteiger partial charge in [0, 0.05) is 25.2 Å². The highest BCUT2D eigenvalue weighted by Crippen LogP contribution is 2.06. The number of carbonyl (C=O) groups is 2. The maximum Gasteiger partial charge on any atom is 0.243 e. The van der Waals surface area contributed by atoms with E-state index in [1.54, 1.807) is 12.2 Å². The third-order valence-electron chi connectivity index (χ3n) is 4.96. The summed E-state index contributed by atoms with van der Waals surface area (Å²) in [5.74, 6) is -0.107. The van der Waals surface area contributed by atoms with Crippen LogP contribution in [-0.2, 0) is 9.59 Å². The van der Waals surface area contributed by atoms with Gasteiger partial charge in [0.2, 0.25) is 11.8 Å². The van der Waals surface area contributed by atoms with E-state index in [9.17, 15) is 9.59 Å². The monoisotopic (exact) mass is 418 g/mol. The van der Waals surface area contributed by atoms with Crippen molar-refractivity contribution in [2.45, 2.75) is 46.0 Å². The molecule has 0 aromatic heterocycles. The van der Waals surface area contributed by atoms with Crippen molar-refractivity contribution in [3.8, 4) is 0 Å². The van der Waals surface area contributed by atoms with Crippen LogP contribution in [0.2, 0.25) is 0 Å². The third kappa shape index (κ3) is 11.0. The highest BCUT2D eigenvalue weighted by atomic mass is 16.2. The first kappa shape index (κ1) is 24.1. The summed E-state index contributed by atoms with van der Waals surface area (Å²) in [4.78, 5) is 23.7. The summed E-state index contributed by atoms with van der Waals surface area (Å²) in [6.45, 7) is 5.47. The van der Waals surface area contributed by atoms with Crippen LogP contribution in [0.25, 0.3) is 12.2 Å². The Morgan fingerprint density at radius 1 is 0.613 bits per heavy atom. The van der Waals surface area contributed by atoms with Crippen molar-refractivity contribution >= 4 is 24.0 Å². The topological polar surface area (TPSA) is 58.2 Å². The lowest BCUT2D eigenvalue weighted by molar-refractivity contribution is -0.117. The van der Waals surface area contributed by atoms with Gasteiger partial charge in [-0.3, -0.25) is 9.59 Å². The number of unbranched alkanes of at least 4 members (excludes halogenated alkanes) is 4. The average molecular weight is 419 g/mol. The predicted octanol–water partition coefficient (Wildman–Crippen LogP) is 5.21. The summed E-state index contributed by atoms with van der Waals surface area (Å²) in [5.41, 5.74) is 4.47. The van der Waals surface area contributed by atoms with Crippen LogP contribution in [-0.4, -0.2) is 24.9 Å². The normalized spacial score (nSPS) is 11.2. The zero-order valence-corrected chi connectivity index (χ0v) is 18.7. The van der Waals surface area contributed by atoms with Gasteiger partial charge in [0.1, 0.15) is 0 Å². The fourth-order valence-electron chi connectivity index (χ4n) is 3.02. The minimum Gasteiger partial charge on any atom is -0.353 e. The van der Waals surface area contributed by atoms with Gasteiger partial charge in [0.25, 0.3) is 0 Å². The van der Waals surface area contributed by atoms with Crippen LogP contribution < -0.4 is 10.6 Å². The molecule has 0 atom stereocenters. The fraction of sp³-hybridized carbons (Fsp3) is 0.333. The van der Waals surface area contributed by atoms with Crippen LogP contribution >= 0.6 is 0 Å². The third-order valence-corrected chi connectivity index (χ3v) is 4.96. The lowest BCUT2D eigenvalue weighted by Gasteiger charge is -2.04. The molecule has 31 heavy (non-hydrogen) atoms. The summed E-state index contributed by atoms with van der Waals surface area (Å²) in [6, 6.07) is 16.1. The molecule has 164 valence electrons. The number of hydrogen-bond acceptors (Lipinski definition) is 2. The molecule has 2 aromatic rings. The number of aryl methyl sites for hydroxylation is 2. The van der Waals surface area contributed by atoms with Gasteiger partial charge < -0.3 is 10.6 Å². The Morgan fingerprint density at radius 2 is 0.968 bits per heavy atom. The number of hydrogen-bond donors (Lipinski definition) is 2. The summed E-state index contributed by atoms with van der Waals surface area (Å²) in [5, 5.41) is 5.84. The van der Waals surface area contributed by atoms with Crippen LogP contribution in [0.4, 0.5) is 0 Å². The molecule has 0 fully saturated rings. The van der Waals surface area contributed by atoms with E-state index in [4.69, 9.17) is 0 Å². The molecule has 2 N–H and O–H groups in total. The van der Waals surface area contributed by atoms with Crippen LogP contribution in [0, 0.1) is 13.8 Å². The van der Waals surface area contributed by atoms with E-state index in [0.29, 0.717) is 13.1 Å². The average Bonchev–Trinajstić information content (AvgIpc) is 2.77. The summed E-state index contributed by atoms with van der Waals surface area (Å²) < 4.78 is 0. The van der Waals surface area contributed by atoms with Gasteiger partial charge in [0.15, 0.2) is 0 Å². The van der Waals surface area contributed by atoms with Gasteiger partial charge in [0.05, 0.1) is 0 Å². The molecule has 0 saturated carbocycles. The van der Waals surface area contributed by atoms with Crippen molar-refractivity contribution in [3.63, 3.8) is 0 Å². The molecule has 0 heterocycles. The molecular formula is C27H34N2O2. The largest absolute Gasteiger partial charge is 0.353 e. The summed E-state index contributed by atoms with van der Waals surface area (Å²) in [7, 11) is 0. The Bertz CT molecular complexity index is 792. The maximum absolute atomic E-state index is 11.8. The minimum atomic E-state index is -0.0537. The van der Waals surface area contributed by atoms with Crippen molar-refractivity contribution in [1.29, 1.82) is 0 Å². The Morgan fingerprint density at radius 3 is 1.35 bits per heavy atom. The van der Waals surface area contributed by atoms with E-state index >= 15 is 0 Å². The van der Waals surface area contributed by atoms with E-state index in [2.05, 4.69) is 10.6 Å². The molecule has 2 rings (SSSR count). The number of benzene rings is 2. The minimum absolute atomic E-state index is 0.0537. The second-order valence-electron chi connectivity index (χ2n) is 7.84. The number of carbonyl (C=O) groups excluding carboxylic acids is 2. The van der Waals surface area contributed by atoms with Crippen molar-refractivity contribution in [1.82, 2.24) is 10.6 Å². The molecule has 0 bridgehead atoms. The molecule has 0 spiro atoms. The van der Waals surface area contributed by atoms with E-state index in [1.807, 2.05) is 74.5 Å². The zero-order valence-electron chi connectivity index (χ0n) is 18.7. The standard InChI is InChI=1S/C27H34N2O2/c1-22-8-12-24(13-9-22)16-18-26(30)28-20-6-4-3-5-7-21-29-27(31)19-17-25-14-10-23(2)11-15-25/h8-19H,3-7,20-21H2,1-2H3,(H,28,30)(H,29,31). The first-order valence-corrected chi connectivity index (χ1v) is 11.1. The van der Waals surface area contributed by atoms with Gasteiger partial charge in [-0.2, -0.15) is 0 Å². The van der Waals surface area contributed by atoms with Gasteiger partial charge in [-0.1, -0.05) is 78.9 Å². The van der Waals surface area contributed by atoms with E-state index in [-0.39, 0.29) is 11.8 Å². The maximum atomic E-state index is 11.8. The molecule has 4 nitrogen and oxygen atoms in total. The van der Waals surface area contributed by atoms with Crippen LogP contribution in [0.5, 0.6) is 0 Å². The first-order valence-electron chi connectivity index (χ1n) is 11.1. The Kier molecular flexibility index (Phi) is 10.9. The summed E-state index contributed by atoms with van der Waals surface area (Å²) >= 11 is 0. The molecule has 2 aromatic carbocycles. The highest BCUT2D eigenvalue weighted by Gasteiger charge is 1.98. The van der Waals surface area contributed by atoms with Crippen LogP contribution in [0.3, 0.4) is 0 Å². The fourth-order valence-corrected chi connectivity index (χ4v) is 3.02. The molecule has 0 unspecified atom stereocenters. The second-order valence-corrected chi connectivity index (χ2v) is 7.84. The Labute approximate surface area is 186 Å². The Hall–Kier alpha value is -3.14. The lowest BCUT2D eigenvalue weighted by atomic mass is 10.1. The lowest BCUT2D eigenvalue weighted by Crippen LogP contribution is -2.22. The molecule has 2 amide bonds. The molecule has 0 aliphatic rings. The molecule has 0 saturated heterocycles. The summed E-state index contributed by atoms with van der Waals surface area (Å²) in [6.07, 6.45) is 12.0. The zero-order chi connectivity index (χ0) is 22.3. The van der Waals surface area contributed by atoms with Gasteiger partial charge >= 0.3 is 0 Å². The molecular weight excluding hydrogens is 384 g/mol. The molecule has 0 aliphatic carbocycles. The number of amides is 2. The molecule has 4 heteroatoms. The van der Waals surface area contributed by atoms with Crippen molar-refractivity contribution in [2.75, 3.05) is 13.1 Å². The SMILES string of the molecule is Cc1ccc(C=CC(=O)NCCCCCCCNC(=O)C=Cc2ccc(C)cc2)cc1. The molecule has 0 radical (unpaired) electrons. The van der Waals surface area contributed by atoms with E-state index < -0.39 is 0 Å². The van der Waals surface area contributed by atoms with Crippen molar-refractivity contribution in [3.05, 3.63) is 82.9 Å². The van der Waals surface area contributed by atoms with E-state index in [0.717, 1.165) is 43.2 Å². The number of rotatable bonds is 12. The molecule has 0 aliphatic heterocycles. The number of nitrogens with one attached hydrogen (secondary N) is 2. The predicted molar refractivity (Wildman–Crippen MR) is 130 cm³/mol. The smallest absolute Gasteiger partial charge is 0.243 e. The van der Waals surface area contributed by atoms with Gasteiger partial charge in [-0.25, -0.2) is 0 Å². The first-order chi connectivity index (χ1) is 15.0. The van der Waals surface area contributed by atoms with Crippen molar-refractivity contribution in [2.24, 2.45) is 0 Å². The van der Waals surface area contributed by atoms with Crippen LogP contribution in [0.15, 0.2) is 60.7 Å². The quantitative estimate of drug-likeness (QED) is 0.367.